The fourth-order valence-electron chi connectivity index (χ4n) is 2.88. The number of pyridine rings is 1. The van der Waals surface area contributed by atoms with Crippen LogP contribution in [0.5, 0.6) is 0 Å². The molecule has 0 spiro atoms. The first-order valence-electron chi connectivity index (χ1n) is 7.90. The molecule has 1 aromatic heterocycles. The minimum Gasteiger partial charge on any atom is -0.477 e. The van der Waals surface area contributed by atoms with Gasteiger partial charge in [0, 0.05) is 50.9 Å². The van der Waals surface area contributed by atoms with Gasteiger partial charge >= 0.3 is 5.97 Å². The van der Waals surface area contributed by atoms with Gasteiger partial charge in [0.15, 0.2) is 5.66 Å². The molecule has 3 heterocycles. The summed E-state index contributed by atoms with van der Waals surface area (Å²) in [6.07, 6.45) is 8.10. The van der Waals surface area contributed by atoms with Crippen LogP contribution in [-0.4, -0.2) is 39.1 Å². The van der Waals surface area contributed by atoms with Crippen LogP contribution in [-0.2, 0) is 17.8 Å². The average Bonchev–Trinajstić information content (AvgIpc) is 3.37. The van der Waals surface area contributed by atoms with Crippen LogP contribution in [0.15, 0.2) is 22.4 Å². The fraction of sp³-hybridized carbons (Fsp3) is 0.471. The number of carbonyl (C=O) groups is 2. The van der Waals surface area contributed by atoms with E-state index in [9.17, 15) is 9.59 Å². The van der Waals surface area contributed by atoms with Gasteiger partial charge in [-0.15, -0.1) is 12.3 Å². The van der Waals surface area contributed by atoms with E-state index in [0.29, 0.717) is 45.2 Å². The van der Waals surface area contributed by atoms with Crippen LogP contribution in [0.25, 0.3) is 0 Å². The third kappa shape index (κ3) is 3.43. The number of nitrogens with zero attached hydrogens (tertiary/aromatic N) is 4. The molecule has 0 radical (unpaired) electrons. The number of amides is 1. The maximum atomic E-state index is 12.4. The minimum atomic E-state index is -1.04. The molecule has 124 valence electrons. The molecule has 0 bridgehead atoms. The van der Waals surface area contributed by atoms with Crippen LogP contribution in [0.2, 0.25) is 0 Å². The number of terminal acetylenes is 1. The standard InChI is InChI=1S/C17H18N4O3/c1-2-3-8-17(19-20-17)9-6-15(22)21-10-7-13-12(11-21)4-5-14(18-13)16(23)24/h1,4-5H,3,6-11H2,(H,23,24). The molecule has 3 rings (SSSR count). The number of hydrogen-bond donors (Lipinski definition) is 1. The summed E-state index contributed by atoms with van der Waals surface area (Å²) in [5, 5.41) is 17.1. The van der Waals surface area contributed by atoms with E-state index in [4.69, 9.17) is 11.5 Å². The van der Waals surface area contributed by atoms with Crippen molar-refractivity contribution in [1.82, 2.24) is 9.88 Å². The van der Waals surface area contributed by atoms with Gasteiger partial charge < -0.3 is 10.0 Å². The van der Waals surface area contributed by atoms with E-state index in [-0.39, 0.29) is 11.6 Å². The van der Waals surface area contributed by atoms with Gasteiger partial charge in [-0.25, -0.2) is 9.78 Å². The molecule has 2 aliphatic rings. The first kappa shape index (κ1) is 16.1. The Morgan fingerprint density at radius 1 is 1.33 bits per heavy atom. The lowest BCUT2D eigenvalue weighted by Gasteiger charge is -2.28. The zero-order valence-electron chi connectivity index (χ0n) is 13.2. The molecule has 1 N–H and O–H groups in total. The molecular weight excluding hydrogens is 308 g/mol. The lowest BCUT2D eigenvalue weighted by atomic mass is 10.0. The maximum Gasteiger partial charge on any atom is 0.354 e. The Morgan fingerprint density at radius 2 is 2.12 bits per heavy atom. The van der Waals surface area contributed by atoms with Crippen LogP contribution >= 0.6 is 0 Å². The van der Waals surface area contributed by atoms with Gasteiger partial charge in [0.1, 0.15) is 5.69 Å². The zero-order chi connectivity index (χ0) is 17.2. The number of carboxylic acid groups (broad SMARTS) is 1. The van der Waals surface area contributed by atoms with E-state index in [1.165, 1.54) is 6.07 Å². The molecule has 7 heteroatoms. The van der Waals surface area contributed by atoms with Crippen LogP contribution in [0.1, 0.15) is 47.4 Å². The van der Waals surface area contributed by atoms with E-state index in [2.05, 4.69) is 21.1 Å². The predicted molar refractivity (Wildman–Crippen MR) is 85.2 cm³/mol. The number of aromatic nitrogens is 1. The fourth-order valence-corrected chi connectivity index (χ4v) is 2.88. The van der Waals surface area contributed by atoms with Crippen molar-refractivity contribution >= 4 is 11.9 Å². The summed E-state index contributed by atoms with van der Waals surface area (Å²) in [7, 11) is 0. The summed E-state index contributed by atoms with van der Waals surface area (Å²) in [5.74, 6) is 1.59. The van der Waals surface area contributed by atoms with E-state index < -0.39 is 11.6 Å². The monoisotopic (exact) mass is 326 g/mol. The molecule has 24 heavy (non-hydrogen) atoms. The first-order valence-corrected chi connectivity index (χ1v) is 7.90. The van der Waals surface area contributed by atoms with E-state index >= 15 is 0 Å². The molecule has 0 saturated heterocycles. The number of carboxylic acids is 1. The zero-order valence-corrected chi connectivity index (χ0v) is 13.2. The highest BCUT2D eigenvalue weighted by Crippen LogP contribution is 2.37. The van der Waals surface area contributed by atoms with Crippen molar-refractivity contribution in [3.63, 3.8) is 0 Å². The summed E-state index contributed by atoms with van der Waals surface area (Å²) in [6, 6.07) is 3.22. The molecule has 0 fully saturated rings. The number of fused-ring (bicyclic) bond motifs is 1. The summed E-state index contributed by atoms with van der Waals surface area (Å²) >= 11 is 0. The molecule has 1 aromatic rings. The number of hydrogen-bond acceptors (Lipinski definition) is 5. The molecule has 0 atom stereocenters. The predicted octanol–water partition coefficient (Wildman–Crippen LogP) is 2.02. The first-order chi connectivity index (χ1) is 11.5. The van der Waals surface area contributed by atoms with Crippen molar-refractivity contribution in [3.05, 3.63) is 29.1 Å². The molecule has 0 aliphatic carbocycles. The summed E-state index contributed by atoms with van der Waals surface area (Å²) in [5.41, 5.74) is 1.27. The molecule has 0 aromatic carbocycles. The molecule has 0 unspecified atom stereocenters. The van der Waals surface area contributed by atoms with Crippen molar-refractivity contribution in [2.45, 2.75) is 44.3 Å². The Kier molecular flexibility index (Phi) is 4.30. The SMILES string of the molecule is C#CCCC1(CCC(=O)N2CCc3nc(C(=O)O)ccc3C2)N=N1. The van der Waals surface area contributed by atoms with Crippen molar-refractivity contribution in [2.75, 3.05) is 6.54 Å². The average molecular weight is 326 g/mol. The Hall–Kier alpha value is -2.75. The van der Waals surface area contributed by atoms with Gasteiger partial charge in [0.25, 0.3) is 0 Å². The Morgan fingerprint density at radius 3 is 2.79 bits per heavy atom. The molecular formula is C17H18N4O3. The Balaban J connectivity index is 1.56. The molecule has 2 aliphatic heterocycles. The third-order valence-corrected chi connectivity index (χ3v) is 4.41. The van der Waals surface area contributed by atoms with Gasteiger partial charge in [0.05, 0.1) is 0 Å². The largest absolute Gasteiger partial charge is 0.477 e. The molecule has 0 saturated carbocycles. The van der Waals surface area contributed by atoms with Gasteiger partial charge in [-0.05, 0) is 11.6 Å². The maximum absolute atomic E-state index is 12.4. The van der Waals surface area contributed by atoms with Gasteiger partial charge in [-0.3, -0.25) is 4.79 Å². The van der Waals surface area contributed by atoms with Crippen molar-refractivity contribution in [3.8, 4) is 12.3 Å². The number of carbonyl (C=O) groups excluding carboxylic acids is 1. The van der Waals surface area contributed by atoms with Crippen molar-refractivity contribution < 1.29 is 14.7 Å². The quantitative estimate of drug-likeness (QED) is 0.809. The molecule has 1 amide bonds. The second-order valence-electron chi connectivity index (χ2n) is 6.06. The van der Waals surface area contributed by atoms with Gasteiger partial charge in [0.2, 0.25) is 5.91 Å². The van der Waals surface area contributed by atoms with Crippen LogP contribution < -0.4 is 0 Å². The highest BCUT2D eigenvalue weighted by molar-refractivity contribution is 5.85. The van der Waals surface area contributed by atoms with Crippen LogP contribution in [0, 0.1) is 12.3 Å². The van der Waals surface area contributed by atoms with Crippen LogP contribution in [0.4, 0.5) is 0 Å². The second kappa shape index (κ2) is 6.40. The summed E-state index contributed by atoms with van der Waals surface area (Å²) in [4.78, 5) is 29.3. The van der Waals surface area contributed by atoms with Gasteiger partial charge in [-0.1, -0.05) is 6.07 Å². The smallest absolute Gasteiger partial charge is 0.354 e. The lowest BCUT2D eigenvalue weighted by molar-refractivity contribution is -0.132. The molecule has 7 nitrogen and oxygen atoms in total. The third-order valence-electron chi connectivity index (χ3n) is 4.41. The van der Waals surface area contributed by atoms with E-state index in [0.717, 1.165) is 11.3 Å². The highest BCUT2D eigenvalue weighted by Gasteiger charge is 2.39. The summed E-state index contributed by atoms with van der Waals surface area (Å²) < 4.78 is 0. The summed E-state index contributed by atoms with van der Waals surface area (Å²) in [6.45, 7) is 1.01. The normalized spacial score (nSPS) is 17.0. The van der Waals surface area contributed by atoms with E-state index in [1.807, 2.05) is 0 Å². The Labute approximate surface area is 139 Å². The van der Waals surface area contributed by atoms with Crippen molar-refractivity contribution in [2.24, 2.45) is 10.2 Å². The topological polar surface area (TPSA) is 95.2 Å². The Bertz CT molecular complexity index is 745. The van der Waals surface area contributed by atoms with Crippen molar-refractivity contribution in [1.29, 1.82) is 0 Å². The van der Waals surface area contributed by atoms with Gasteiger partial charge in [-0.2, -0.15) is 10.2 Å². The lowest BCUT2D eigenvalue weighted by Crippen LogP contribution is -2.37. The second-order valence-corrected chi connectivity index (χ2v) is 6.06. The highest BCUT2D eigenvalue weighted by atomic mass is 16.4. The van der Waals surface area contributed by atoms with E-state index in [1.54, 1.807) is 11.0 Å². The minimum absolute atomic E-state index is 0.0425. The number of aromatic carboxylic acids is 1. The number of rotatable bonds is 6. The van der Waals surface area contributed by atoms with Crippen LogP contribution in [0.3, 0.4) is 0 Å².